The number of aliphatic imine (C=N–C) groups is 1. The lowest BCUT2D eigenvalue weighted by Gasteiger charge is -2.26. The summed E-state index contributed by atoms with van der Waals surface area (Å²) in [6, 6.07) is 11.2. The largest absolute Gasteiger partial charge is 0.573 e. The molecule has 246 valence electrons. The van der Waals surface area contributed by atoms with E-state index in [4.69, 9.17) is 0 Å². The highest BCUT2D eigenvalue weighted by atomic mass is 32.2. The molecular weight excluding hydrogens is 661 g/mol. The lowest BCUT2D eigenvalue weighted by molar-refractivity contribution is -0.274. The van der Waals surface area contributed by atoms with E-state index < -0.39 is 42.1 Å². The third-order valence-corrected chi connectivity index (χ3v) is 7.43. The van der Waals surface area contributed by atoms with Crippen molar-refractivity contribution in [1.82, 2.24) is 14.8 Å². The van der Waals surface area contributed by atoms with Gasteiger partial charge in [-0.05, 0) is 55.0 Å². The molecule has 1 saturated heterocycles. The Labute approximate surface area is 265 Å². The van der Waals surface area contributed by atoms with Gasteiger partial charge in [0.1, 0.15) is 17.9 Å². The minimum absolute atomic E-state index is 0.120. The molecule has 18 heteroatoms. The van der Waals surface area contributed by atoms with E-state index in [1.165, 1.54) is 53.5 Å². The van der Waals surface area contributed by atoms with Crippen molar-refractivity contribution in [2.24, 2.45) is 4.99 Å². The molecule has 0 aliphatic carbocycles. The molecule has 1 aromatic heterocycles. The van der Waals surface area contributed by atoms with Crippen molar-refractivity contribution in [3.63, 3.8) is 0 Å². The summed E-state index contributed by atoms with van der Waals surface area (Å²) >= 11 is 0.815. The van der Waals surface area contributed by atoms with Crippen molar-refractivity contribution in [2.75, 3.05) is 23.1 Å². The molecule has 47 heavy (non-hydrogen) atoms. The molecule has 0 radical (unpaired) electrons. The van der Waals surface area contributed by atoms with E-state index in [1.54, 1.807) is 6.92 Å². The maximum absolute atomic E-state index is 15.0. The molecule has 1 atom stereocenters. The monoisotopic (exact) mass is 682 g/mol. The third kappa shape index (κ3) is 7.71. The summed E-state index contributed by atoms with van der Waals surface area (Å²) < 4.78 is 103. The molecule has 3 aromatic carbocycles. The first-order valence-electron chi connectivity index (χ1n) is 13.3. The Balaban J connectivity index is 1.33. The number of rotatable bonds is 7. The van der Waals surface area contributed by atoms with Crippen LogP contribution in [-0.2, 0) is 9.53 Å². The number of thioether (sulfide) groups is 1. The number of alkyl halides is 6. The molecule has 4 aromatic rings. The number of aromatic nitrogens is 3. The van der Waals surface area contributed by atoms with Gasteiger partial charge in [-0.1, -0.05) is 23.9 Å². The third-order valence-electron chi connectivity index (χ3n) is 6.50. The lowest BCUT2D eigenvalue weighted by Crippen LogP contribution is -2.33. The zero-order chi connectivity index (χ0) is 34.1. The molecule has 0 saturated carbocycles. The fourth-order valence-corrected chi connectivity index (χ4v) is 5.35. The summed E-state index contributed by atoms with van der Waals surface area (Å²) in [5.41, 5.74) is 0.230. The Hall–Kier alpha value is -4.97. The van der Waals surface area contributed by atoms with Gasteiger partial charge in [-0.2, -0.15) is 18.2 Å². The normalized spacial score (nSPS) is 15.3. The number of carbonyl (C=O) groups excluding carboxylic acids is 2. The highest BCUT2D eigenvalue weighted by Crippen LogP contribution is 2.42. The van der Waals surface area contributed by atoms with E-state index in [0.717, 1.165) is 42.0 Å². The van der Waals surface area contributed by atoms with E-state index in [1.807, 2.05) is 0 Å². The summed E-state index contributed by atoms with van der Waals surface area (Å²) in [5, 5.41) is 6.22. The fourth-order valence-electron chi connectivity index (χ4n) is 4.49. The van der Waals surface area contributed by atoms with Crippen LogP contribution in [0, 0.1) is 12.7 Å². The quantitative estimate of drug-likeness (QED) is 0.205. The number of amides is 3. The highest BCUT2D eigenvalue weighted by Gasteiger charge is 2.44. The Morgan fingerprint density at radius 3 is 2.40 bits per heavy atom. The van der Waals surface area contributed by atoms with Gasteiger partial charge < -0.3 is 14.8 Å². The minimum Gasteiger partial charge on any atom is -0.406 e. The van der Waals surface area contributed by atoms with Crippen molar-refractivity contribution < 1.29 is 49.8 Å². The maximum Gasteiger partial charge on any atom is 0.573 e. The summed E-state index contributed by atoms with van der Waals surface area (Å²) in [5.74, 6) is -2.06. The molecule has 0 spiro atoms. The Bertz CT molecular complexity index is 1840. The van der Waals surface area contributed by atoms with Crippen LogP contribution < -0.4 is 15.0 Å². The zero-order valence-electron chi connectivity index (χ0n) is 24.1. The summed E-state index contributed by atoms with van der Waals surface area (Å²) in [7, 11) is 0.880. The van der Waals surface area contributed by atoms with Gasteiger partial charge in [0.25, 0.3) is 0 Å². The summed E-state index contributed by atoms with van der Waals surface area (Å²) in [4.78, 5) is 34.4. The van der Waals surface area contributed by atoms with Crippen LogP contribution in [0.1, 0.15) is 17.2 Å². The van der Waals surface area contributed by atoms with Gasteiger partial charge in [0.2, 0.25) is 5.91 Å². The second-order valence-corrected chi connectivity index (χ2v) is 10.8. The Morgan fingerprint density at radius 1 is 1.04 bits per heavy atom. The van der Waals surface area contributed by atoms with Crippen LogP contribution in [0.15, 0.2) is 72.0 Å². The molecule has 1 aliphatic rings. The standard InChI is InChI=1S/C29H21F7N6O4S/c1-15-3-9-19(24(45-2)28(31,32)33)22(11-15)42-23(43)13-47-27(42)39-26(44)38-21-10-6-17(12-20(21)30)41-14-37-25(40-41)16-4-7-18(8-5-16)46-29(34,35)36/h3-12,14,24H,13H2,1-2H3,(H,38,44)/b39-27-. The second-order valence-electron chi connectivity index (χ2n) is 9.81. The predicted octanol–water partition coefficient (Wildman–Crippen LogP) is 7.20. The molecule has 1 unspecified atom stereocenters. The van der Waals surface area contributed by atoms with Gasteiger partial charge in [0, 0.05) is 24.3 Å². The molecule has 1 aliphatic heterocycles. The number of anilines is 2. The molecule has 5 rings (SSSR count). The van der Waals surface area contributed by atoms with Gasteiger partial charge in [0.15, 0.2) is 17.1 Å². The van der Waals surface area contributed by atoms with Crippen LogP contribution in [0.5, 0.6) is 5.75 Å². The number of nitrogens with zero attached hydrogens (tertiary/aromatic N) is 5. The van der Waals surface area contributed by atoms with E-state index in [0.29, 0.717) is 11.1 Å². The number of methoxy groups -OCH3 is 1. The van der Waals surface area contributed by atoms with Gasteiger partial charge in [0.05, 0.1) is 22.8 Å². The SMILES string of the molecule is COC(c1ccc(C)cc1N1C(=O)CS/C1=N\C(=O)Nc1ccc(-n2cnc(-c3ccc(OC(F)(F)F)cc3)n2)cc1F)C(F)(F)F. The molecule has 2 heterocycles. The number of hydrogen-bond donors (Lipinski definition) is 1. The smallest absolute Gasteiger partial charge is 0.406 e. The van der Waals surface area contributed by atoms with E-state index in [2.05, 4.69) is 29.9 Å². The first-order valence-corrected chi connectivity index (χ1v) is 14.2. The molecule has 1 N–H and O–H groups in total. The maximum atomic E-state index is 15.0. The van der Waals surface area contributed by atoms with Crippen molar-refractivity contribution >= 4 is 40.2 Å². The number of hydrogen-bond acceptors (Lipinski definition) is 7. The number of halogens is 7. The number of urea groups is 1. The van der Waals surface area contributed by atoms with E-state index in [9.17, 15) is 35.9 Å². The lowest BCUT2D eigenvalue weighted by atomic mass is 10.0. The number of carbonyl (C=O) groups is 2. The number of benzene rings is 3. The number of aryl methyl sites for hydroxylation is 1. The van der Waals surface area contributed by atoms with Crippen LogP contribution in [0.3, 0.4) is 0 Å². The Morgan fingerprint density at radius 2 is 1.77 bits per heavy atom. The van der Waals surface area contributed by atoms with Crippen molar-refractivity contribution in [3.8, 4) is 22.8 Å². The van der Waals surface area contributed by atoms with Gasteiger partial charge in [-0.3, -0.25) is 9.69 Å². The summed E-state index contributed by atoms with van der Waals surface area (Å²) in [6.45, 7) is 1.61. The highest BCUT2D eigenvalue weighted by molar-refractivity contribution is 8.15. The van der Waals surface area contributed by atoms with Gasteiger partial charge >= 0.3 is 18.6 Å². The molecular formula is C29H21F7N6O4S. The Kier molecular flexibility index (Phi) is 9.26. The number of nitrogens with one attached hydrogen (secondary N) is 1. The van der Waals surface area contributed by atoms with E-state index in [-0.39, 0.29) is 39.4 Å². The average molecular weight is 683 g/mol. The number of amidine groups is 1. The molecule has 1 fully saturated rings. The van der Waals surface area contributed by atoms with Crippen LogP contribution in [0.2, 0.25) is 0 Å². The van der Waals surface area contributed by atoms with Gasteiger partial charge in [-0.15, -0.1) is 18.3 Å². The van der Waals surface area contributed by atoms with Crippen LogP contribution >= 0.6 is 11.8 Å². The molecule has 0 bridgehead atoms. The second kappa shape index (κ2) is 13.0. The fraction of sp³-hybridized carbons (Fsp3) is 0.207. The minimum atomic E-state index is -4.85. The average Bonchev–Trinajstić information content (AvgIpc) is 3.61. The van der Waals surface area contributed by atoms with Crippen molar-refractivity contribution in [2.45, 2.75) is 25.6 Å². The van der Waals surface area contributed by atoms with Gasteiger partial charge in [-0.25, -0.2) is 18.9 Å². The zero-order valence-corrected chi connectivity index (χ0v) is 24.9. The molecule has 10 nitrogen and oxygen atoms in total. The number of ether oxygens (including phenoxy) is 2. The topological polar surface area (TPSA) is 111 Å². The van der Waals surface area contributed by atoms with Crippen LogP contribution in [-0.4, -0.2) is 57.3 Å². The van der Waals surface area contributed by atoms with Crippen molar-refractivity contribution in [3.05, 3.63) is 83.9 Å². The first-order chi connectivity index (χ1) is 22.1. The van der Waals surface area contributed by atoms with E-state index >= 15 is 4.39 Å². The predicted molar refractivity (Wildman–Crippen MR) is 157 cm³/mol. The first kappa shape index (κ1) is 33.4. The van der Waals surface area contributed by atoms with Crippen molar-refractivity contribution in [1.29, 1.82) is 0 Å². The summed E-state index contributed by atoms with van der Waals surface area (Å²) in [6.07, 6.45) is -10.8. The van der Waals surface area contributed by atoms with Crippen LogP contribution in [0.25, 0.3) is 17.1 Å². The molecule has 3 amide bonds. The van der Waals surface area contributed by atoms with Crippen LogP contribution in [0.4, 0.5) is 46.9 Å².